The lowest BCUT2D eigenvalue weighted by atomic mass is 10.2. The molecule has 92 valence electrons. The SMILES string of the molecule is Cc1cc2c(=O)[nH]c(SCCC(C)C)nc2s1. The Balaban J connectivity index is 2.21. The van der Waals surface area contributed by atoms with Gasteiger partial charge >= 0.3 is 0 Å². The van der Waals surface area contributed by atoms with Crippen LogP contribution in [0.5, 0.6) is 0 Å². The molecule has 1 N–H and O–H groups in total. The molecule has 2 heterocycles. The van der Waals surface area contributed by atoms with Crippen LogP contribution in [-0.2, 0) is 0 Å². The molecule has 0 aliphatic carbocycles. The molecule has 2 aromatic heterocycles. The summed E-state index contributed by atoms with van der Waals surface area (Å²) in [6, 6.07) is 1.90. The summed E-state index contributed by atoms with van der Waals surface area (Å²) in [6.07, 6.45) is 1.13. The molecule has 0 radical (unpaired) electrons. The number of fused-ring (bicyclic) bond motifs is 1. The van der Waals surface area contributed by atoms with Crippen molar-refractivity contribution < 1.29 is 0 Å². The number of hydrogen-bond acceptors (Lipinski definition) is 4. The first-order valence-corrected chi connectivity index (χ1v) is 7.49. The molecular weight excluding hydrogens is 252 g/mol. The van der Waals surface area contributed by atoms with E-state index in [0.717, 1.165) is 27.0 Å². The Hall–Kier alpha value is -0.810. The molecule has 17 heavy (non-hydrogen) atoms. The number of H-pyrrole nitrogens is 1. The molecule has 0 aromatic carbocycles. The van der Waals surface area contributed by atoms with Gasteiger partial charge in [-0.1, -0.05) is 25.6 Å². The van der Waals surface area contributed by atoms with Gasteiger partial charge in [-0.2, -0.15) is 0 Å². The molecule has 0 unspecified atom stereocenters. The zero-order valence-corrected chi connectivity index (χ0v) is 11.9. The smallest absolute Gasteiger partial charge is 0.260 e. The highest BCUT2D eigenvalue weighted by molar-refractivity contribution is 7.99. The maximum absolute atomic E-state index is 11.8. The third-order valence-electron chi connectivity index (χ3n) is 2.44. The highest BCUT2D eigenvalue weighted by Gasteiger charge is 2.07. The molecule has 0 saturated carbocycles. The predicted octanol–water partition coefficient (Wildman–Crippen LogP) is 3.43. The van der Waals surface area contributed by atoms with Crippen molar-refractivity contribution in [1.82, 2.24) is 9.97 Å². The number of nitrogens with one attached hydrogen (secondary N) is 1. The van der Waals surface area contributed by atoms with Crippen LogP contribution in [0.15, 0.2) is 16.0 Å². The minimum Gasteiger partial charge on any atom is -0.301 e. The molecule has 0 bridgehead atoms. The van der Waals surface area contributed by atoms with E-state index in [1.807, 2.05) is 13.0 Å². The van der Waals surface area contributed by atoms with Crippen LogP contribution < -0.4 is 5.56 Å². The summed E-state index contributed by atoms with van der Waals surface area (Å²) in [7, 11) is 0. The van der Waals surface area contributed by atoms with Gasteiger partial charge in [-0.25, -0.2) is 4.98 Å². The van der Waals surface area contributed by atoms with Crippen LogP contribution in [0, 0.1) is 12.8 Å². The van der Waals surface area contributed by atoms with E-state index in [9.17, 15) is 4.79 Å². The second kappa shape index (κ2) is 5.23. The number of aromatic amines is 1. The highest BCUT2D eigenvalue weighted by atomic mass is 32.2. The van der Waals surface area contributed by atoms with Crippen molar-refractivity contribution in [2.24, 2.45) is 5.92 Å². The Labute approximate surface area is 109 Å². The molecule has 5 heteroatoms. The average molecular weight is 268 g/mol. The van der Waals surface area contributed by atoms with Gasteiger partial charge in [-0.3, -0.25) is 4.79 Å². The average Bonchev–Trinajstić information content (AvgIpc) is 2.58. The Morgan fingerprint density at radius 1 is 1.53 bits per heavy atom. The van der Waals surface area contributed by atoms with Gasteiger partial charge in [0.1, 0.15) is 4.83 Å². The fourth-order valence-electron chi connectivity index (χ4n) is 1.49. The van der Waals surface area contributed by atoms with Gasteiger partial charge < -0.3 is 4.98 Å². The van der Waals surface area contributed by atoms with E-state index in [0.29, 0.717) is 11.3 Å². The molecule has 3 nitrogen and oxygen atoms in total. The van der Waals surface area contributed by atoms with Crippen molar-refractivity contribution in [3.63, 3.8) is 0 Å². The number of nitrogens with zero attached hydrogens (tertiary/aromatic N) is 1. The second-order valence-electron chi connectivity index (χ2n) is 4.48. The van der Waals surface area contributed by atoms with Crippen molar-refractivity contribution in [2.75, 3.05) is 5.75 Å². The van der Waals surface area contributed by atoms with Gasteiger partial charge in [0.25, 0.3) is 5.56 Å². The summed E-state index contributed by atoms with van der Waals surface area (Å²) in [5, 5.41) is 1.45. The Morgan fingerprint density at radius 3 is 3.00 bits per heavy atom. The van der Waals surface area contributed by atoms with Crippen molar-refractivity contribution in [3.8, 4) is 0 Å². The van der Waals surface area contributed by atoms with Crippen LogP contribution in [-0.4, -0.2) is 15.7 Å². The van der Waals surface area contributed by atoms with Gasteiger partial charge in [0, 0.05) is 10.6 Å². The first kappa shape index (κ1) is 12.6. The predicted molar refractivity (Wildman–Crippen MR) is 75.2 cm³/mol. The summed E-state index contributed by atoms with van der Waals surface area (Å²) in [5.74, 6) is 1.68. The first-order chi connectivity index (χ1) is 8.06. The van der Waals surface area contributed by atoms with E-state index in [4.69, 9.17) is 0 Å². The van der Waals surface area contributed by atoms with Gasteiger partial charge in [0.2, 0.25) is 0 Å². The van der Waals surface area contributed by atoms with Crippen LogP contribution in [0.3, 0.4) is 0 Å². The third-order valence-corrected chi connectivity index (χ3v) is 4.29. The van der Waals surface area contributed by atoms with E-state index >= 15 is 0 Å². The van der Waals surface area contributed by atoms with E-state index in [2.05, 4.69) is 23.8 Å². The van der Waals surface area contributed by atoms with E-state index in [1.54, 1.807) is 23.1 Å². The van der Waals surface area contributed by atoms with Crippen molar-refractivity contribution in [1.29, 1.82) is 0 Å². The van der Waals surface area contributed by atoms with E-state index in [-0.39, 0.29) is 5.56 Å². The number of thiophene rings is 1. The Bertz CT molecular complexity index is 571. The number of aryl methyl sites for hydroxylation is 1. The second-order valence-corrected chi connectivity index (χ2v) is 6.80. The molecule has 0 saturated heterocycles. The lowest BCUT2D eigenvalue weighted by Gasteiger charge is -2.03. The largest absolute Gasteiger partial charge is 0.301 e. The number of rotatable bonds is 4. The lowest BCUT2D eigenvalue weighted by molar-refractivity contribution is 0.631. The molecule has 0 aliphatic heterocycles. The number of thioether (sulfide) groups is 1. The topological polar surface area (TPSA) is 45.8 Å². The molecule has 0 spiro atoms. The fraction of sp³-hybridized carbons (Fsp3) is 0.500. The fourth-order valence-corrected chi connectivity index (χ4v) is 3.53. The molecule has 0 amide bonds. The molecule has 0 fully saturated rings. The van der Waals surface area contributed by atoms with Crippen LogP contribution in [0.2, 0.25) is 0 Å². The summed E-state index contributed by atoms with van der Waals surface area (Å²) < 4.78 is 0. The van der Waals surface area contributed by atoms with Crippen LogP contribution >= 0.6 is 23.1 Å². The zero-order valence-electron chi connectivity index (χ0n) is 10.2. The van der Waals surface area contributed by atoms with Crippen molar-refractivity contribution in [3.05, 3.63) is 21.3 Å². The first-order valence-electron chi connectivity index (χ1n) is 5.69. The van der Waals surface area contributed by atoms with E-state index in [1.165, 1.54) is 0 Å². The maximum Gasteiger partial charge on any atom is 0.260 e. The molecule has 2 aromatic rings. The third kappa shape index (κ3) is 3.10. The van der Waals surface area contributed by atoms with Crippen LogP contribution in [0.1, 0.15) is 25.1 Å². The molecule has 0 atom stereocenters. The molecular formula is C12H16N2OS2. The van der Waals surface area contributed by atoms with Crippen molar-refractivity contribution >= 4 is 33.3 Å². The quantitative estimate of drug-likeness (QED) is 0.682. The van der Waals surface area contributed by atoms with Gasteiger partial charge in [0.05, 0.1) is 5.39 Å². The summed E-state index contributed by atoms with van der Waals surface area (Å²) in [6.45, 7) is 6.39. The maximum atomic E-state index is 11.8. The van der Waals surface area contributed by atoms with Crippen molar-refractivity contribution in [2.45, 2.75) is 32.3 Å². The van der Waals surface area contributed by atoms with Gasteiger partial charge in [0.15, 0.2) is 5.16 Å². The van der Waals surface area contributed by atoms with Gasteiger partial charge in [-0.15, -0.1) is 11.3 Å². The minimum atomic E-state index is -0.0219. The van der Waals surface area contributed by atoms with Crippen LogP contribution in [0.25, 0.3) is 10.2 Å². The summed E-state index contributed by atoms with van der Waals surface area (Å²) >= 11 is 3.20. The van der Waals surface area contributed by atoms with Gasteiger partial charge in [-0.05, 0) is 25.3 Å². The van der Waals surface area contributed by atoms with Crippen LogP contribution in [0.4, 0.5) is 0 Å². The summed E-state index contributed by atoms with van der Waals surface area (Å²) in [4.78, 5) is 21.1. The monoisotopic (exact) mass is 268 g/mol. The lowest BCUT2D eigenvalue weighted by Crippen LogP contribution is -2.07. The number of hydrogen-bond donors (Lipinski definition) is 1. The molecule has 2 rings (SSSR count). The molecule has 0 aliphatic rings. The standard InChI is InChI=1S/C12H16N2OS2/c1-7(2)4-5-16-12-13-10(15)9-6-8(3)17-11(9)14-12/h6-7H,4-5H2,1-3H3,(H,13,14,15). The van der Waals surface area contributed by atoms with E-state index < -0.39 is 0 Å². The Morgan fingerprint density at radius 2 is 2.29 bits per heavy atom. The number of aromatic nitrogens is 2. The highest BCUT2D eigenvalue weighted by Crippen LogP contribution is 2.23. The summed E-state index contributed by atoms with van der Waals surface area (Å²) in [5.41, 5.74) is -0.0219. The normalized spacial score (nSPS) is 11.5. The minimum absolute atomic E-state index is 0.0219. The zero-order chi connectivity index (χ0) is 12.4. The Kier molecular flexibility index (Phi) is 3.89.